The molecule has 4 heteroatoms. The molecule has 1 saturated carbocycles. The number of carbonyl (C=O) groups excluding carboxylic acids is 2. The Kier molecular flexibility index (Phi) is 4.34. The lowest BCUT2D eigenvalue weighted by atomic mass is 9.97. The van der Waals surface area contributed by atoms with Crippen LogP contribution >= 0.6 is 0 Å². The van der Waals surface area contributed by atoms with Gasteiger partial charge in [0.25, 0.3) is 0 Å². The van der Waals surface area contributed by atoms with E-state index >= 15 is 0 Å². The van der Waals surface area contributed by atoms with Crippen molar-refractivity contribution in [3.63, 3.8) is 0 Å². The first-order valence-corrected chi connectivity index (χ1v) is 5.07. The van der Waals surface area contributed by atoms with Crippen LogP contribution in [0.15, 0.2) is 11.6 Å². The van der Waals surface area contributed by atoms with Crippen molar-refractivity contribution in [3.05, 3.63) is 11.6 Å². The number of esters is 2. The molecule has 0 spiro atoms. The second kappa shape index (κ2) is 5.53. The van der Waals surface area contributed by atoms with E-state index in [0.29, 0.717) is 5.57 Å². The third-order valence-electron chi connectivity index (χ3n) is 2.69. The van der Waals surface area contributed by atoms with E-state index in [1.165, 1.54) is 20.3 Å². The van der Waals surface area contributed by atoms with Gasteiger partial charge < -0.3 is 9.47 Å². The van der Waals surface area contributed by atoms with Gasteiger partial charge in [-0.3, -0.25) is 0 Å². The zero-order valence-electron chi connectivity index (χ0n) is 9.12. The number of hydrogen-bond donors (Lipinski definition) is 0. The van der Waals surface area contributed by atoms with Crippen molar-refractivity contribution in [2.75, 3.05) is 14.2 Å². The van der Waals surface area contributed by atoms with E-state index in [-0.39, 0.29) is 5.92 Å². The van der Waals surface area contributed by atoms with Gasteiger partial charge in [-0.15, -0.1) is 0 Å². The van der Waals surface area contributed by atoms with E-state index in [1.807, 2.05) is 0 Å². The average molecular weight is 212 g/mol. The van der Waals surface area contributed by atoms with E-state index in [0.717, 1.165) is 25.7 Å². The molecule has 1 aliphatic rings. The highest BCUT2D eigenvalue weighted by Crippen LogP contribution is 2.31. The molecule has 1 rings (SSSR count). The summed E-state index contributed by atoms with van der Waals surface area (Å²) < 4.78 is 9.17. The minimum absolute atomic E-state index is 0.150. The maximum atomic E-state index is 11.5. The number of rotatable bonds is 3. The first kappa shape index (κ1) is 11.8. The molecule has 0 aromatic heterocycles. The quantitative estimate of drug-likeness (QED) is 0.525. The molecule has 0 aromatic rings. The standard InChI is InChI=1S/C11H16O4/c1-14-10(12)7-9(11(13)15-2)8-5-3-4-6-8/h7-8H,3-6H2,1-2H3/b9-7+. The maximum absolute atomic E-state index is 11.5. The molecule has 4 nitrogen and oxygen atoms in total. The molecule has 1 fully saturated rings. The summed E-state index contributed by atoms with van der Waals surface area (Å²) in [4.78, 5) is 22.5. The van der Waals surface area contributed by atoms with Gasteiger partial charge in [0.1, 0.15) is 0 Å². The van der Waals surface area contributed by atoms with E-state index in [9.17, 15) is 9.59 Å². The van der Waals surface area contributed by atoms with Crippen LogP contribution in [0.3, 0.4) is 0 Å². The zero-order chi connectivity index (χ0) is 11.3. The molecule has 1 aliphatic carbocycles. The molecule has 0 aliphatic heterocycles. The largest absolute Gasteiger partial charge is 0.466 e. The molecular weight excluding hydrogens is 196 g/mol. The van der Waals surface area contributed by atoms with E-state index in [1.54, 1.807) is 0 Å². The highest BCUT2D eigenvalue weighted by atomic mass is 16.5. The van der Waals surface area contributed by atoms with Crippen LogP contribution in [-0.2, 0) is 19.1 Å². The summed E-state index contributed by atoms with van der Waals surface area (Å²) in [6.07, 6.45) is 5.33. The van der Waals surface area contributed by atoms with Crippen molar-refractivity contribution in [3.8, 4) is 0 Å². The Hall–Kier alpha value is -1.32. The number of hydrogen-bond acceptors (Lipinski definition) is 4. The predicted molar refractivity (Wildman–Crippen MR) is 54.1 cm³/mol. The molecule has 0 amide bonds. The monoisotopic (exact) mass is 212 g/mol. The Bertz CT molecular complexity index is 274. The van der Waals surface area contributed by atoms with Crippen LogP contribution < -0.4 is 0 Å². The fourth-order valence-electron chi connectivity index (χ4n) is 1.88. The van der Waals surface area contributed by atoms with Crippen LogP contribution in [0.25, 0.3) is 0 Å². The second-order valence-electron chi connectivity index (χ2n) is 3.60. The summed E-state index contributed by atoms with van der Waals surface area (Å²) in [6.45, 7) is 0. The summed E-state index contributed by atoms with van der Waals surface area (Å²) in [5.41, 5.74) is 0.446. The minimum atomic E-state index is -0.498. The molecule has 0 saturated heterocycles. The van der Waals surface area contributed by atoms with Gasteiger partial charge in [-0.1, -0.05) is 12.8 Å². The van der Waals surface area contributed by atoms with Gasteiger partial charge >= 0.3 is 11.9 Å². The fourth-order valence-corrected chi connectivity index (χ4v) is 1.88. The molecule has 0 unspecified atom stereocenters. The molecule has 0 radical (unpaired) electrons. The second-order valence-corrected chi connectivity index (χ2v) is 3.60. The molecule has 0 N–H and O–H groups in total. The van der Waals surface area contributed by atoms with Crippen molar-refractivity contribution < 1.29 is 19.1 Å². The number of ether oxygens (including phenoxy) is 2. The lowest BCUT2D eigenvalue weighted by Crippen LogP contribution is -2.14. The van der Waals surface area contributed by atoms with E-state index < -0.39 is 11.9 Å². The number of carbonyl (C=O) groups is 2. The van der Waals surface area contributed by atoms with Gasteiger partial charge in [0.15, 0.2) is 0 Å². The minimum Gasteiger partial charge on any atom is -0.466 e. The van der Waals surface area contributed by atoms with Crippen LogP contribution in [0.4, 0.5) is 0 Å². The first-order chi connectivity index (χ1) is 7.19. The summed E-state index contributed by atoms with van der Waals surface area (Å²) in [5, 5.41) is 0. The van der Waals surface area contributed by atoms with Gasteiger partial charge in [0.05, 0.1) is 14.2 Å². The molecule has 84 valence electrons. The fraction of sp³-hybridized carbons (Fsp3) is 0.636. The van der Waals surface area contributed by atoms with Crippen LogP contribution in [0, 0.1) is 5.92 Å². The van der Waals surface area contributed by atoms with Crippen molar-refractivity contribution >= 4 is 11.9 Å². The summed E-state index contributed by atoms with van der Waals surface area (Å²) in [5.74, 6) is -0.772. The molecular formula is C11H16O4. The number of methoxy groups -OCH3 is 2. The van der Waals surface area contributed by atoms with Crippen LogP contribution in [0.1, 0.15) is 25.7 Å². The highest BCUT2D eigenvalue weighted by molar-refractivity contribution is 5.96. The lowest BCUT2D eigenvalue weighted by Gasteiger charge is -2.11. The molecule has 0 aromatic carbocycles. The SMILES string of the molecule is COC(=O)/C=C(/C(=O)OC)C1CCCC1. The van der Waals surface area contributed by atoms with Gasteiger partial charge in [0.2, 0.25) is 0 Å². The maximum Gasteiger partial charge on any atom is 0.334 e. The van der Waals surface area contributed by atoms with E-state index in [2.05, 4.69) is 9.47 Å². The Balaban J connectivity index is 2.81. The van der Waals surface area contributed by atoms with Gasteiger partial charge in [-0.25, -0.2) is 9.59 Å². The zero-order valence-corrected chi connectivity index (χ0v) is 9.12. The molecule has 0 bridgehead atoms. The smallest absolute Gasteiger partial charge is 0.334 e. The van der Waals surface area contributed by atoms with Crippen molar-refractivity contribution in [2.24, 2.45) is 5.92 Å². The lowest BCUT2D eigenvalue weighted by molar-refractivity contribution is -0.139. The normalized spacial score (nSPS) is 17.6. The van der Waals surface area contributed by atoms with Crippen LogP contribution in [0.2, 0.25) is 0 Å². The van der Waals surface area contributed by atoms with Crippen molar-refractivity contribution in [2.45, 2.75) is 25.7 Å². The summed E-state index contributed by atoms with van der Waals surface area (Å²) in [7, 11) is 2.62. The van der Waals surface area contributed by atoms with Gasteiger partial charge in [0, 0.05) is 11.6 Å². The van der Waals surface area contributed by atoms with Crippen LogP contribution in [0.5, 0.6) is 0 Å². The van der Waals surface area contributed by atoms with E-state index in [4.69, 9.17) is 0 Å². The third kappa shape index (κ3) is 3.08. The Morgan fingerprint density at radius 1 is 1.13 bits per heavy atom. The average Bonchev–Trinajstić information content (AvgIpc) is 2.77. The van der Waals surface area contributed by atoms with Gasteiger partial charge in [-0.2, -0.15) is 0 Å². The third-order valence-corrected chi connectivity index (χ3v) is 2.69. The topological polar surface area (TPSA) is 52.6 Å². The van der Waals surface area contributed by atoms with Gasteiger partial charge in [-0.05, 0) is 18.8 Å². The Labute approximate surface area is 89.2 Å². The molecule has 0 atom stereocenters. The molecule has 0 heterocycles. The Morgan fingerprint density at radius 3 is 2.20 bits per heavy atom. The summed E-state index contributed by atoms with van der Waals surface area (Å²) >= 11 is 0. The molecule has 15 heavy (non-hydrogen) atoms. The summed E-state index contributed by atoms with van der Waals surface area (Å²) in [6, 6.07) is 0. The van der Waals surface area contributed by atoms with Crippen molar-refractivity contribution in [1.29, 1.82) is 0 Å². The first-order valence-electron chi connectivity index (χ1n) is 5.07. The predicted octanol–water partition coefficient (Wildman–Crippen LogP) is 1.45. The van der Waals surface area contributed by atoms with Crippen LogP contribution in [-0.4, -0.2) is 26.2 Å². The Morgan fingerprint density at radius 2 is 1.73 bits per heavy atom. The van der Waals surface area contributed by atoms with Crippen molar-refractivity contribution in [1.82, 2.24) is 0 Å². The highest BCUT2D eigenvalue weighted by Gasteiger charge is 2.25.